The van der Waals surface area contributed by atoms with Crippen molar-refractivity contribution in [1.29, 1.82) is 0 Å². The molecule has 0 aromatic heterocycles. The number of aliphatic imine (C=N–C) groups is 1. The molecule has 0 fully saturated rings. The number of fused-ring (bicyclic) bond motifs is 4. The summed E-state index contributed by atoms with van der Waals surface area (Å²) < 4.78 is 4.48. The number of thioether (sulfide) groups is 1. The summed E-state index contributed by atoms with van der Waals surface area (Å²) in [5.74, 6) is 0.753. The third-order valence-corrected chi connectivity index (χ3v) is 6.68. The zero-order valence-corrected chi connectivity index (χ0v) is 16.0. The van der Waals surface area contributed by atoms with Crippen LogP contribution >= 0.6 is 23.4 Å². The van der Waals surface area contributed by atoms with Gasteiger partial charge in [-0.3, -0.25) is 4.79 Å². The maximum Gasteiger partial charge on any atom is 0.190 e. The number of hydrogen-bond acceptors (Lipinski definition) is 4. The van der Waals surface area contributed by atoms with Gasteiger partial charge in [0, 0.05) is 21.0 Å². The molecule has 0 amide bonds. The highest BCUT2D eigenvalue weighted by Gasteiger charge is 2.55. The molecule has 3 aromatic rings. The van der Waals surface area contributed by atoms with E-state index in [9.17, 15) is 4.79 Å². The van der Waals surface area contributed by atoms with E-state index in [-0.39, 0.29) is 5.78 Å². The second-order valence-electron chi connectivity index (χ2n) is 6.46. The first-order valence-electron chi connectivity index (χ1n) is 8.50. The number of ketones is 1. The van der Waals surface area contributed by atoms with Crippen LogP contribution in [0.1, 0.15) is 21.5 Å². The molecule has 0 saturated carbocycles. The number of methoxy groups -OCH3 is 1. The Hall–Kier alpha value is -2.56. The topological polar surface area (TPSA) is 38.7 Å². The molecule has 1 heterocycles. The SMILES string of the molecule is COc1cccc(C23Sc4cc(Cl)ccc4N=C2c2ccccc2C3=O)c1. The van der Waals surface area contributed by atoms with E-state index in [4.69, 9.17) is 21.3 Å². The van der Waals surface area contributed by atoms with E-state index in [0.717, 1.165) is 27.4 Å². The van der Waals surface area contributed by atoms with Gasteiger partial charge >= 0.3 is 0 Å². The molecule has 0 radical (unpaired) electrons. The molecule has 0 saturated heterocycles. The Morgan fingerprint density at radius 1 is 1.00 bits per heavy atom. The lowest BCUT2D eigenvalue weighted by atomic mass is 9.91. The third kappa shape index (κ3) is 2.30. The molecule has 5 heteroatoms. The number of nitrogens with zero attached hydrogens (tertiary/aromatic N) is 1. The standard InChI is InChI=1S/C22H14ClNO2S/c1-26-15-6-4-5-13(11-15)22-20(16-7-2-3-8-17(16)21(22)25)24-18-10-9-14(23)12-19(18)27-22/h2-12H,1H3. The fourth-order valence-electron chi connectivity index (χ4n) is 3.72. The van der Waals surface area contributed by atoms with Gasteiger partial charge in [-0.2, -0.15) is 0 Å². The summed E-state index contributed by atoms with van der Waals surface area (Å²) in [6, 6.07) is 20.9. The Bertz CT molecular complexity index is 1140. The van der Waals surface area contributed by atoms with Gasteiger partial charge in [0.05, 0.1) is 18.5 Å². The first kappa shape index (κ1) is 16.6. The minimum absolute atomic E-state index is 0.0423. The van der Waals surface area contributed by atoms with Gasteiger partial charge in [0.2, 0.25) is 0 Å². The van der Waals surface area contributed by atoms with Gasteiger partial charge < -0.3 is 4.74 Å². The zero-order valence-electron chi connectivity index (χ0n) is 14.4. The zero-order chi connectivity index (χ0) is 18.6. The smallest absolute Gasteiger partial charge is 0.190 e. The highest BCUT2D eigenvalue weighted by molar-refractivity contribution is 8.02. The van der Waals surface area contributed by atoms with E-state index < -0.39 is 4.75 Å². The third-order valence-electron chi connectivity index (χ3n) is 4.97. The van der Waals surface area contributed by atoms with Gasteiger partial charge in [-0.15, -0.1) is 0 Å². The monoisotopic (exact) mass is 391 g/mol. The second kappa shape index (κ2) is 5.98. The van der Waals surface area contributed by atoms with E-state index in [1.165, 1.54) is 11.8 Å². The van der Waals surface area contributed by atoms with E-state index in [0.29, 0.717) is 16.3 Å². The van der Waals surface area contributed by atoms with Crippen LogP contribution < -0.4 is 4.74 Å². The molecule has 0 spiro atoms. The summed E-state index contributed by atoms with van der Waals surface area (Å²) in [6.07, 6.45) is 0. The van der Waals surface area contributed by atoms with Crippen molar-refractivity contribution in [3.8, 4) is 5.75 Å². The Kier molecular flexibility index (Phi) is 3.67. The number of benzene rings is 3. The molecule has 1 aliphatic heterocycles. The summed E-state index contributed by atoms with van der Waals surface area (Å²) in [6.45, 7) is 0. The van der Waals surface area contributed by atoms with Crippen molar-refractivity contribution in [1.82, 2.24) is 0 Å². The first-order chi connectivity index (χ1) is 13.1. The largest absolute Gasteiger partial charge is 0.497 e. The van der Waals surface area contributed by atoms with Crippen molar-refractivity contribution in [2.45, 2.75) is 9.64 Å². The fraction of sp³-hybridized carbons (Fsp3) is 0.0909. The van der Waals surface area contributed by atoms with Crippen molar-refractivity contribution in [2.75, 3.05) is 7.11 Å². The van der Waals surface area contributed by atoms with Crippen LogP contribution in [0.15, 0.2) is 76.6 Å². The van der Waals surface area contributed by atoms with Crippen LogP contribution in [0.25, 0.3) is 0 Å². The Morgan fingerprint density at radius 3 is 2.63 bits per heavy atom. The number of rotatable bonds is 2. The summed E-state index contributed by atoms with van der Waals surface area (Å²) in [5, 5.41) is 0.628. The molecule has 3 aromatic carbocycles. The van der Waals surface area contributed by atoms with Gasteiger partial charge in [-0.25, -0.2) is 4.99 Å². The Morgan fingerprint density at radius 2 is 1.81 bits per heavy atom. The van der Waals surface area contributed by atoms with Crippen molar-refractivity contribution < 1.29 is 9.53 Å². The Balaban J connectivity index is 1.83. The second-order valence-corrected chi connectivity index (χ2v) is 8.16. The van der Waals surface area contributed by atoms with Crippen LogP contribution in [0.5, 0.6) is 5.75 Å². The van der Waals surface area contributed by atoms with Crippen molar-refractivity contribution >= 4 is 40.5 Å². The van der Waals surface area contributed by atoms with Crippen molar-refractivity contribution in [3.05, 3.63) is 88.4 Å². The molecular weight excluding hydrogens is 378 g/mol. The highest BCUT2D eigenvalue weighted by atomic mass is 35.5. The summed E-state index contributed by atoms with van der Waals surface area (Å²) in [7, 11) is 1.63. The maximum atomic E-state index is 13.7. The van der Waals surface area contributed by atoms with Crippen molar-refractivity contribution in [2.24, 2.45) is 4.99 Å². The van der Waals surface area contributed by atoms with Gasteiger partial charge in [-0.05, 0) is 35.9 Å². The summed E-state index contributed by atoms with van der Waals surface area (Å²) in [5.41, 5.74) is 4.06. The van der Waals surface area contributed by atoms with Crippen LogP contribution in [-0.4, -0.2) is 18.6 Å². The molecular formula is C22H14ClNO2S. The predicted octanol–water partition coefficient (Wildman–Crippen LogP) is 5.67. The lowest BCUT2D eigenvalue weighted by molar-refractivity contribution is 0.0976. The van der Waals surface area contributed by atoms with E-state index in [2.05, 4.69) is 0 Å². The molecule has 1 atom stereocenters. The van der Waals surface area contributed by atoms with Crippen molar-refractivity contribution in [3.63, 3.8) is 0 Å². The number of Topliss-reactive ketones (excluding diaryl/α,β-unsaturated/α-hetero) is 1. The van der Waals surface area contributed by atoms with Gasteiger partial charge in [0.25, 0.3) is 0 Å². The average Bonchev–Trinajstić information content (AvgIpc) is 2.96. The molecule has 0 bridgehead atoms. The Labute approximate surface area is 166 Å². The molecule has 1 aliphatic carbocycles. The molecule has 5 rings (SSSR count). The van der Waals surface area contributed by atoms with Crippen LogP contribution in [0, 0.1) is 0 Å². The molecule has 2 aliphatic rings. The van der Waals surface area contributed by atoms with E-state index >= 15 is 0 Å². The number of carbonyl (C=O) groups excluding carboxylic acids is 1. The minimum Gasteiger partial charge on any atom is -0.497 e. The van der Waals surface area contributed by atoms with Gasteiger partial charge in [0.1, 0.15) is 5.75 Å². The van der Waals surface area contributed by atoms with Gasteiger partial charge in [0.15, 0.2) is 10.5 Å². The first-order valence-corrected chi connectivity index (χ1v) is 9.69. The van der Waals surface area contributed by atoms with Crippen LogP contribution in [0.4, 0.5) is 5.69 Å². The highest BCUT2D eigenvalue weighted by Crippen LogP contribution is 2.56. The predicted molar refractivity (Wildman–Crippen MR) is 109 cm³/mol. The van der Waals surface area contributed by atoms with Crippen LogP contribution in [0.3, 0.4) is 0 Å². The number of halogens is 1. The van der Waals surface area contributed by atoms with E-state index in [1.807, 2.05) is 66.7 Å². The number of hydrogen-bond donors (Lipinski definition) is 0. The maximum absolute atomic E-state index is 13.7. The normalized spacial score (nSPS) is 19.8. The molecule has 3 nitrogen and oxygen atoms in total. The number of ether oxygens (including phenoxy) is 1. The van der Waals surface area contributed by atoms with Crippen LogP contribution in [0.2, 0.25) is 5.02 Å². The number of carbonyl (C=O) groups is 1. The quantitative estimate of drug-likeness (QED) is 0.565. The molecule has 27 heavy (non-hydrogen) atoms. The minimum atomic E-state index is -0.935. The van der Waals surface area contributed by atoms with E-state index in [1.54, 1.807) is 7.11 Å². The molecule has 1 unspecified atom stereocenters. The lowest BCUT2D eigenvalue weighted by Crippen LogP contribution is -2.36. The molecule has 132 valence electrons. The summed E-state index contributed by atoms with van der Waals surface area (Å²) >= 11 is 7.72. The fourth-order valence-corrected chi connectivity index (χ4v) is 5.39. The van der Waals surface area contributed by atoms with Crippen LogP contribution in [-0.2, 0) is 4.75 Å². The summed E-state index contributed by atoms with van der Waals surface area (Å²) in [4.78, 5) is 19.5. The lowest BCUT2D eigenvalue weighted by Gasteiger charge is -2.32. The van der Waals surface area contributed by atoms with Gasteiger partial charge in [-0.1, -0.05) is 59.8 Å². The molecule has 0 N–H and O–H groups in total. The average molecular weight is 392 g/mol.